The molecule has 0 aromatic heterocycles. The Kier molecular flexibility index (Phi) is 2.64. The van der Waals surface area contributed by atoms with Crippen molar-refractivity contribution in [3.05, 3.63) is 29.8 Å². The largest absolute Gasteiger partial charge is 0.508 e. The van der Waals surface area contributed by atoms with Crippen molar-refractivity contribution < 1.29 is 19.5 Å². The molecule has 3 amide bonds. The van der Waals surface area contributed by atoms with E-state index < -0.39 is 16.7 Å². The van der Waals surface area contributed by atoms with Crippen molar-refractivity contribution in [1.29, 1.82) is 0 Å². The Bertz CT molecular complexity index is 785. The van der Waals surface area contributed by atoms with E-state index in [4.69, 9.17) is 0 Å². The van der Waals surface area contributed by atoms with Crippen LogP contribution in [-0.2, 0) is 9.59 Å². The Morgan fingerprint density at radius 1 is 1.17 bits per heavy atom. The van der Waals surface area contributed by atoms with Crippen LogP contribution in [0, 0.1) is 22.2 Å². The van der Waals surface area contributed by atoms with Gasteiger partial charge in [0.25, 0.3) is 17.7 Å². The predicted molar refractivity (Wildman–Crippen MR) is 84.5 cm³/mol. The summed E-state index contributed by atoms with van der Waals surface area (Å²) in [6.45, 7) is 5.92. The lowest BCUT2D eigenvalue weighted by atomic mass is 9.71. The van der Waals surface area contributed by atoms with Gasteiger partial charge in [0.15, 0.2) is 0 Å². The molecule has 126 valence electrons. The molecule has 0 bridgehead atoms. The maximum Gasteiger partial charge on any atom is 0.270 e. The third-order valence-electron chi connectivity index (χ3n) is 6.69. The van der Waals surface area contributed by atoms with E-state index in [1.54, 1.807) is 0 Å². The zero-order valence-electron chi connectivity index (χ0n) is 13.9. The summed E-state index contributed by atoms with van der Waals surface area (Å²) in [5, 5.41) is 10.2. The molecule has 4 rings (SSSR count). The van der Waals surface area contributed by atoms with E-state index in [0.29, 0.717) is 6.42 Å². The quantitative estimate of drug-likeness (QED) is 0.811. The highest BCUT2D eigenvalue weighted by atomic mass is 16.3. The van der Waals surface area contributed by atoms with Crippen LogP contribution in [0.25, 0.3) is 0 Å². The molecule has 1 heterocycles. The van der Waals surface area contributed by atoms with Gasteiger partial charge in [-0.25, -0.2) is 0 Å². The summed E-state index contributed by atoms with van der Waals surface area (Å²) in [4.78, 5) is 38.3. The number of hydrogen-bond acceptors (Lipinski definition) is 4. The van der Waals surface area contributed by atoms with Gasteiger partial charge in [-0.05, 0) is 55.4 Å². The third kappa shape index (κ3) is 1.41. The van der Waals surface area contributed by atoms with E-state index in [0.717, 1.165) is 11.4 Å². The molecule has 1 saturated heterocycles. The van der Waals surface area contributed by atoms with Crippen molar-refractivity contribution in [3.63, 3.8) is 0 Å². The van der Waals surface area contributed by atoms with E-state index in [1.807, 2.05) is 20.8 Å². The van der Waals surface area contributed by atoms with Crippen LogP contribution in [-0.4, -0.2) is 27.8 Å². The maximum atomic E-state index is 13.1. The van der Waals surface area contributed by atoms with Crippen LogP contribution >= 0.6 is 0 Å². The number of carbonyl (C=O) groups excluding carboxylic acids is 3. The van der Waals surface area contributed by atoms with Crippen LogP contribution in [0.3, 0.4) is 0 Å². The monoisotopic (exact) mass is 328 g/mol. The number of amides is 3. The minimum Gasteiger partial charge on any atom is -0.508 e. The first-order valence-electron chi connectivity index (χ1n) is 8.17. The van der Waals surface area contributed by atoms with Gasteiger partial charge in [-0.1, -0.05) is 13.8 Å². The highest BCUT2D eigenvalue weighted by Crippen LogP contribution is 2.85. The van der Waals surface area contributed by atoms with Gasteiger partial charge in [0.2, 0.25) is 0 Å². The summed E-state index contributed by atoms with van der Waals surface area (Å²) in [5.74, 6) is -0.889. The number of benzene rings is 1. The second kappa shape index (κ2) is 4.18. The Morgan fingerprint density at radius 3 is 2.33 bits per heavy atom. The van der Waals surface area contributed by atoms with Gasteiger partial charge < -0.3 is 5.11 Å². The molecule has 1 aliphatic heterocycles. The minimum atomic E-state index is -0.736. The van der Waals surface area contributed by atoms with Crippen LogP contribution in [0.1, 0.15) is 44.0 Å². The van der Waals surface area contributed by atoms with E-state index in [-0.39, 0.29) is 34.5 Å². The zero-order chi connectivity index (χ0) is 17.5. The number of rotatable bonds is 2. The van der Waals surface area contributed by atoms with Crippen molar-refractivity contribution >= 4 is 17.7 Å². The Morgan fingerprint density at radius 2 is 1.79 bits per heavy atom. The number of imide groups is 1. The average molecular weight is 328 g/mol. The van der Waals surface area contributed by atoms with E-state index in [2.05, 4.69) is 5.43 Å². The number of phenols is 1. The molecule has 24 heavy (non-hydrogen) atoms. The lowest BCUT2D eigenvalue weighted by Crippen LogP contribution is -2.47. The number of hydrazine groups is 1. The van der Waals surface area contributed by atoms with E-state index >= 15 is 0 Å². The fourth-order valence-corrected chi connectivity index (χ4v) is 5.51. The summed E-state index contributed by atoms with van der Waals surface area (Å²) in [6, 6.07) is 5.66. The van der Waals surface area contributed by atoms with E-state index in [1.165, 1.54) is 24.3 Å². The van der Waals surface area contributed by atoms with Crippen LogP contribution in [0.15, 0.2) is 24.3 Å². The smallest absolute Gasteiger partial charge is 0.270 e. The summed E-state index contributed by atoms with van der Waals surface area (Å²) in [5.41, 5.74) is 1.11. The van der Waals surface area contributed by atoms with Gasteiger partial charge in [0.1, 0.15) is 5.75 Å². The predicted octanol–water partition coefficient (Wildman–Crippen LogP) is 1.85. The molecular formula is C18H20N2O4. The average Bonchev–Trinajstić information content (AvgIpc) is 2.78. The molecule has 6 heteroatoms. The van der Waals surface area contributed by atoms with E-state index in [9.17, 15) is 19.5 Å². The van der Waals surface area contributed by atoms with Gasteiger partial charge >= 0.3 is 0 Å². The van der Waals surface area contributed by atoms with Gasteiger partial charge in [0, 0.05) is 5.56 Å². The summed E-state index contributed by atoms with van der Waals surface area (Å²) < 4.78 is 0. The summed E-state index contributed by atoms with van der Waals surface area (Å²) in [6.07, 6.45) is 1.55. The van der Waals surface area contributed by atoms with Crippen LogP contribution in [0.5, 0.6) is 5.75 Å². The molecule has 2 N–H and O–H groups in total. The lowest BCUT2D eigenvalue weighted by molar-refractivity contribution is -0.144. The number of hydrogen-bond donors (Lipinski definition) is 2. The number of nitrogens with one attached hydrogen (secondary N) is 1. The van der Waals surface area contributed by atoms with Crippen molar-refractivity contribution in [1.82, 2.24) is 10.4 Å². The van der Waals surface area contributed by atoms with Crippen molar-refractivity contribution in [3.8, 4) is 5.75 Å². The molecule has 1 spiro atoms. The third-order valence-corrected chi connectivity index (χ3v) is 6.69. The minimum absolute atomic E-state index is 0.0448. The second-order valence-corrected chi connectivity index (χ2v) is 7.89. The lowest BCUT2D eigenvalue weighted by Gasteiger charge is -2.27. The number of carbonyl (C=O) groups is 3. The second-order valence-electron chi connectivity index (χ2n) is 7.89. The van der Waals surface area contributed by atoms with Crippen molar-refractivity contribution in [2.45, 2.75) is 33.6 Å². The molecule has 0 radical (unpaired) electrons. The molecular weight excluding hydrogens is 308 g/mol. The highest BCUT2D eigenvalue weighted by Gasteiger charge is 2.90. The molecule has 1 aromatic rings. The molecule has 3 fully saturated rings. The van der Waals surface area contributed by atoms with Crippen molar-refractivity contribution in [2.24, 2.45) is 22.2 Å². The van der Waals surface area contributed by atoms with Crippen molar-refractivity contribution in [2.75, 3.05) is 0 Å². The first kappa shape index (κ1) is 15.2. The molecule has 1 aromatic carbocycles. The van der Waals surface area contributed by atoms with Crippen LogP contribution in [0.4, 0.5) is 0 Å². The molecule has 3 aliphatic rings. The zero-order valence-corrected chi connectivity index (χ0v) is 13.9. The van der Waals surface area contributed by atoms with Gasteiger partial charge in [-0.15, -0.1) is 0 Å². The Labute approximate surface area is 139 Å². The van der Waals surface area contributed by atoms with Gasteiger partial charge in [0.05, 0.1) is 10.8 Å². The molecule has 3 unspecified atom stereocenters. The SMILES string of the molecule is CC12CCC3C(C)(C)C31C(=O)N(NC(=O)c1ccc(O)cc1)C2=O. The fourth-order valence-electron chi connectivity index (χ4n) is 5.51. The maximum absolute atomic E-state index is 13.1. The van der Waals surface area contributed by atoms with Gasteiger partial charge in [-0.3, -0.25) is 19.8 Å². The standard InChI is InChI=1S/C18H20N2O4/c1-16(2)12-8-9-17(3)14(23)20(15(24)18(12,16)17)19-13(22)10-4-6-11(21)7-5-10/h4-7,12,21H,8-9H2,1-3H3,(H,19,22). The van der Waals surface area contributed by atoms with Gasteiger partial charge in [-0.2, -0.15) is 5.01 Å². The molecule has 2 aliphatic carbocycles. The summed E-state index contributed by atoms with van der Waals surface area (Å²) in [7, 11) is 0. The first-order chi connectivity index (χ1) is 11.2. The molecule has 6 nitrogen and oxygen atoms in total. The number of aromatic hydroxyl groups is 1. The van der Waals surface area contributed by atoms with Crippen LogP contribution in [0.2, 0.25) is 0 Å². The Hall–Kier alpha value is -2.37. The highest BCUT2D eigenvalue weighted by molar-refractivity contribution is 6.14. The molecule has 2 saturated carbocycles. The number of nitrogens with zero attached hydrogens (tertiary/aromatic N) is 1. The van der Waals surface area contributed by atoms with Crippen LogP contribution < -0.4 is 5.43 Å². The summed E-state index contributed by atoms with van der Waals surface area (Å²) >= 11 is 0. The first-order valence-corrected chi connectivity index (χ1v) is 8.17. The Balaban J connectivity index is 1.64. The fraction of sp³-hybridized carbons (Fsp3) is 0.500. The topological polar surface area (TPSA) is 86.7 Å². The normalized spacial score (nSPS) is 35.6. The molecule has 3 atom stereocenters. The number of phenolic OH excluding ortho intramolecular Hbond substituents is 1.